The van der Waals surface area contributed by atoms with E-state index in [0.29, 0.717) is 18.1 Å². The van der Waals surface area contributed by atoms with Crippen LogP contribution in [0.5, 0.6) is 5.75 Å². The molecule has 0 heterocycles. The number of benzene rings is 1. The van der Waals surface area contributed by atoms with Crippen molar-refractivity contribution in [3.05, 3.63) is 29.8 Å². The molecule has 0 amide bonds. The quantitative estimate of drug-likeness (QED) is 0.138. The first-order chi connectivity index (χ1) is 16.6. The zero-order valence-electron chi connectivity index (χ0n) is 20.7. The molecule has 2 aliphatic rings. The van der Waals surface area contributed by atoms with E-state index >= 15 is 0 Å². The molecule has 198 valence electrons. The summed E-state index contributed by atoms with van der Waals surface area (Å²) >= 11 is 0. The van der Waals surface area contributed by atoms with Crippen LogP contribution in [0.4, 0.5) is 22.0 Å². The minimum atomic E-state index is -5.67. The number of hydrogen-bond acceptors (Lipinski definition) is 2. The minimum Gasteiger partial charge on any atom is -0.426 e. The Labute approximate surface area is 206 Å². The van der Waals surface area contributed by atoms with Gasteiger partial charge in [0.1, 0.15) is 5.75 Å². The van der Waals surface area contributed by atoms with Gasteiger partial charge in [-0.1, -0.05) is 58.3 Å². The smallest absolute Gasteiger partial charge is 0.426 e. The molecule has 3 rings (SSSR count). The molecule has 2 fully saturated rings. The number of carbonyl (C=O) groups excluding carboxylic acids is 1. The summed E-state index contributed by atoms with van der Waals surface area (Å²) in [7, 11) is 0. The lowest BCUT2D eigenvalue weighted by Gasteiger charge is -2.37. The van der Waals surface area contributed by atoms with Crippen molar-refractivity contribution < 1.29 is 31.5 Å². The zero-order chi connectivity index (χ0) is 25.5. The average Bonchev–Trinajstić information content (AvgIpc) is 2.84. The number of rotatable bonds is 10. The Hall–Kier alpha value is -1.66. The third kappa shape index (κ3) is 7.66. The summed E-state index contributed by atoms with van der Waals surface area (Å²) in [6.07, 6.45) is 11.1. The molecule has 2 nitrogen and oxygen atoms in total. The lowest BCUT2D eigenvalue weighted by atomic mass is 9.68. The molecule has 35 heavy (non-hydrogen) atoms. The van der Waals surface area contributed by atoms with Gasteiger partial charge in [-0.3, -0.25) is 4.79 Å². The van der Waals surface area contributed by atoms with Crippen LogP contribution >= 0.6 is 0 Å². The monoisotopic (exact) mass is 502 g/mol. The SMILES string of the molecule is CCCCCCCC1CCC(C2CCC(C(=O)Oc3ccc(C(F)(F)C(F)(F)F)cc3)CC2)CC1. The van der Waals surface area contributed by atoms with Crippen LogP contribution in [0.2, 0.25) is 0 Å². The number of ether oxygens (including phenoxy) is 1. The molecule has 0 spiro atoms. The maximum absolute atomic E-state index is 13.4. The van der Waals surface area contributed by atoms with Gasteiger partial charge in [0.2, 0.25) is 0 Å². The van der Waals surface area contributed by atoms with Crippen LogP contribution in [-0.4, -0.2) is 12.1 Å². The molecule has 7 heteroatoms. The van der Waals surface area contributed by atoms with Crippen molar-refractivity contribution in [1.29, 1.82) is 0 Å². The second kappa shape index (κ2) is 12.5. The molecule has 0 aromatic heterocycles. The summed E-state index contributed by atoms with van der Waals surface area (Å²) in [5, 5.41) is 0. The van der Waals surface area contributed by atoms with Gasteiger partial charge in [-0.15, -0.1) is 0 Å². The van der Waals surface area contributed by atoms with Crippen molar-refractivity contribution >= 4 is 5.97 Å². The highest BCUT2D eigenvalue weighted by atomic mass is 19.4. The predicted molar refractivity (Wildman–Crippen MR) is 126 cm³/mol. The van der Waals surface area contributed by atoms with Crippen molar-refractivity contribution in [3.63, 3.8) is 0 Å². The number of alkyl halides is 5. The molecular weight excluding hydrogens is 463 g/mol. The Bertz CT molecular complexity index is 774. The first kappa shape index (κ1) is 27.9. The average molecular weight is 503 g/mol. The van der Waals surface area contributed by atoms with Gasteiger partial charge in [0, 0.05) is 5.56 Å². The molecule has 0 radical (unpaired) electrons. The Kier molecular flexibility index (Phi) is 10.00. The van der Waals surface area contributed by atoms with E-state index in [9.17, 15) is 26.7 Å². The van der Waals surface area contributed by atoms with E-state index in [0.717, 1.165) is 49.7 Å². The fourth-order valence-corrected chi connectivity index (χ4v) is 5.91. The molecule has 0 bridgehead atoms. The summed E-state index contributed by atoms with van der Waals surface area (Å²) in [5.41, 5.74) is -1.17. The summed E-state index contributed by atoms with van der Waals surface area (Å²) in [5.74, 6) is -3.36. The third-order valence-corrected chi connectivity index (χ3v) is 8.17. The Morgan fingerprint density at radius 3 is 1.89 bits per heavy atom. The number of halogens is 5. The fourth-order valence-electron chi connectivity index (χ4n) is 5.91. The summed E-state index contributed by atoms with van der Waals surface area (Å²) in [6, 6.07) is 3.32. The normalized spacial score (nSPS) is 25.9. The van der Waals surface area contributed by atoms with Gasteiger partial charge in [0.25, 0.3) is 0 Å². The highest BCUT2D eigenvalue weighted by Crippen LogP contribution is 2.45. The molecule has 1 aromatic carbocycles. The summed E-state index contributed by atoms with van der Waals surface area (Å²) in [6.45, 7) is 2.24. The van der Waals surface area contributed by atoms with Crippen molar-refractivity contribution in [2.24, 2.45) is 23.7 Å². The minimum absolute atomic E-state index is 0.00753. The summed E-state index contributed by atoms with van der Waals surface area (Å²) < 4.78 is 69.7. The molecule has 0 unspecified atom stereocenters. The molecule has 0 aliphatic heterocycles. The van der Waals surface area contributed by atoms with Gasteiger partial charge in [-0.05, 0) is 80.5 Å². The standard InChI is InChI=1S/C28H39F5O2/c1-2-3-4-5-6-7-20-8-10-21(11-9-20)22-12-14-23(15-13-22)26(34)35-25-18-16-24(17-19-25)27(29,30)28(31,32)33/h16-23H,2-15H2,1H3. The first-order valence-corrected chi connectivity index (χ1v) is 13.4. The third-order valence-electron chi connectivity index (χ3n) is 8.17. The van der Waals surface area contributed by atoms with Crippen LogP contribution in [0.15, 0.2) is 24.3 Å². The van der Waals surface area contributed by atoms with Crippen molar-refractivity contribution in [2.75, 3.05) is 0 Å². The van der Waals surface area contributed by atoms with Crippen LogP contribution < -0.4 is 4.74 Å². The molecular formula is C28H39F5O2. The van der Waals surface area contributed by atoms with Crippen LogP contribution in [0.1, 0.15) is 102 Å². The maximum Gasteiger partial charge on any atom is 0.458 e. The summed E-state index contributed by atoms with van der Waals surface area (Å²) in [4.78, 5) is 12.6. The van der Waals surface area contributed by atoms with Gasteiger partial charge >= 0.3 is 18.1 Å². The second-order valence-corrected chi connectivity index (χ2v) is 10.6. The number of hydrogen-bond donors (Lipinski definition) is 0. The van der Waals surface area contributed by atoms with Crippen molar-refractivity contribution in [2.45, 2.75) is 109 Å². The molecule has 0 N–H and O–H groups in total. The van der Waals surface area contributed by atoms with Gasteiger partial charge in [-0.2, -0.15) is 22.0 Å². The fraction of sp³-hybridized carbons (Fsp3) is 0.750. The molecule has 0 saturated heterocycles. The van der Waals surface area contributed by atoms with E-state index in [1.165, 1.54) is 64.2 Å². The van der Waals surface area contributed by atoms with Crippen LogP contribution in [0, 0.1) is 23.7 Å². The Balaban J connectivity index is 1.38. The van der Waals surface area contributed by atoms with Gasteiger partial charge in [-0.25, -0.2) is 0 Å². The van der Waals surface area contributed by atoms with Gasteiger partial charge in [0.15, 0.2) is 0 Å². The lowest BCUT2D eigenvalue weighted by molar-refractivity contribution is -0.289. The molecule has 2 aliphatic carbocycles. The predicted octanol–water partition coefficient (Wildman–Crippen LogP) is 9.22. The number of unbranched alkanes of at least 4 members (excludes halogenated alkanes) is 4. The molecule has 1 aromatic rings. The highest BCUT2D eigenvalue weighted by Gasteiger charge is 2.58. The number of esters is 1. The van der Waals surface area contributed by atoms with E-state index in [2.05, 4.69) is 6.92 Å². The largest absolute Gasteiger partial charge is 0.458 e. The highest BCUT2D eigenvalue weighted by molar-refractivity contribution is 5.75. The van der Waals surface area contributed by atoms with Gasteiger partial charge < -0.3 is 4.74 Å². The van der Waals surface area contributed by atoms with Crippen molar-refractivity contribution in [3.8, 4) is 5.75 Å². The number of carbonyl (C=O) groups is 1. The van der Waals surface area contributed by atoms with Crippen LogP contribution in [-0.2, 0) is 10.7 Å². The topological polar surface area (TPSA) is 26.3 Å². The van der Waals surface area contributed by atoms with Gasteiger partial charge in [0.05, 0.1) is 5.92 Å². The van der Waals surface area contributed by atoms with E-state index in [4.69, 9.17) is 4.74 Å². The first-order valence-electron chi connectivity index (χ1n) is 13.4. The van der Waals surface area contributed by atoms with Crippen LogP contribution in [0.3, 0.4) is 0 Å². The van der Waals surface area contributed by atoms with E-state index in [1.54, 1.807) is 0 Å². The Morgan fingerprint density at radius 1 is 0.800 bits per heavy atom. The molecule has 0 atom stereocenters. The van der Waals surface area contributed by atoms with E-state index in [1.807, 2.05) is 0 Å². The van der Waals surface area contributed by atoms with E-state index in [-0.39, 0.29) is 11.7 Å². The Morgan fingerprint density at radius 2 is 1.34 bits per heavy atom. The van der Waals surface area contributed by atoms with E-state index < -0.39 is 23.6 Å². The maximum atomic E-state index is 13.4. The van der Waals surface area contributed by atoms with Crippen LogP contribution in [0.25, 0.3) is 0 Å². The molecule has 2 saturated carbocycles. The zero-order valence-corrected chi connectivity index (χ0v) is 20.7. The lowest BCUT2D eigenvalue weighted by Crippen LogP contribution is -2.33. The van der Waals surface area contributed by atoms with Crippen molar-refractivity contribution in [1.82, 2.24) is 0 Å². The second-order valence-electron chi connectivity index (χ2n) is 10.6.